The monoisotopic (exact) mass is 350 g/mol. The molecule has 0 radical (unpaired) electrons. The summed E-state index contributed by atoms with van der Waals surface area (Å²) in [6.45, 7) is 5.00. The predicted octanol–water partition coefficient (Wildman–Crippen LogP) is 0.171. The quantitative estimate of drug-likeness (QED) is 0.558. The Morgan fingerprint density at radius 1 is 1.36 bits per heavy atom. The number of aliphatic hydroxyl groups excluding tert-OH is 1. The molecule has 8 nitrogen and oxygen atoms in total. The third kappa shape index (κ3) is 6.32. The molecule has 0 aromatic carbocycles. The Morgan fingerprint density at radius 3 is 2.68 bits per heavy atom. The van der Waals surface area contributed by atoms with Gasteiger partial charge in [0.05, 0.1) is 12.1 Å². The zero-order chi connectivity index (χ0) is 18.2. The molecule has 0 bridgehead atoms. The average Bonchev–Trinajstić information content (AvgIpc) is 2.98. The van der Waals surface area contributed by atoms with E-state index in [9.17, 15) is 14.7 Å². The first kappa shape index (κ1) is 19.1. The Labute approximate surface area is 147 Å². The highest BCUT2D eigenvalue weighted by Gasteiger charge is 2.30. The number of ether oxygens (including phenoxy) is 1. The fourth-order valence-electron chi connectivity index (χ4n) is 2.61. The van der Waals surface area contributed by atoms with Crippen molar-refractivity contribution in [3.8, 4) is 0 Å². The van der Waals surface area contributed by atoms with Crippen LogP contribution in [0, 0.1) is 5.92 Å². The van der Waals surface area contributed by atoms with Gasteiger partial charge in [-0.25, -0.2) is 4.79 Å². The van der Waals surface area contributed by atoms with E-state index in [1.165, 1.54) is 0 Å². The van der Waals surface area contributed by atoms with Crippen molar-refractivity contribution in [3.63, 3.8) is 0 Å². The van der Waals surface area contributed by atoms with Crippen molar-refractivity contribution in [3.05, 3.63) is 30.1 Å². The van der Waals surface area contributed by atoms with Gasteiger partial charge in [-0.3, -0.25) is 9.78 Å². The van der Waals surface area contributed by atoms with Crippen LogP contribution in [0.4, 0.5) is 4.79 Å². The molecule has 4 N–H and O–H groups in total. The number of alkyl carbamates (subject to hydrolysis) is 1. The molecule has 1 aliphatic heterocycles. The van der Waals surface area contributed by atoms with Crippen LogP contribution in [0.3, 0.4) is 0 Å². The number of aliphatic hydroxyl groups is 1. The first-order valence-electron chi connectivity index (χ1n) is 8.47. The number of pyridine rings is 1. The molecule has 0 spiro atoms. The summed E-state index contributed by atoms with van der Waals surface area (Å²) in [6, 6.07) is 2.44. The molecule has 25 heavy (non-hydrogen) atoms. The summed E-state index contributed by atoms with van der Waals surface area (Å²) in [5.41, 5.74) is 0.815. The Morgan fingerprint density at radius 2 is 2.08 bits per heavy atom. The maximum atomic E-state index is 12.5. The van der Waals surface area contributed by atoms with Gasteiger partial charge < -0.3 is 25.8 Å². The molecule has 0 saturated carbocycles. The van der Waals surface area contributed by atoms with Crippen LogP contribution in [-0.4, -0.2) is 53.4 Å². The molecular formula is C17H26N4O4. The summed E-state index contributed by atoms with van der Waals surface area (Å²) < 4.78 is 5.16. The molecule has 2 amide bonds. The van der Waals surface area contributed by atoms with E-state index >= 15 is 0 Å². The highest BCUT2D eigenvalue weighted by molar-refractivity contribution is 5.85. The summed E-state index contributed by atoms with van der Waals surface area (Å²) >= 11 is 0. The minimum Gasteiger partial charge on any atom is -0.445 e. The molecule has 1 saturated heterocycles. The van der Waals surface area contributed by atoms with Gasteiger partial charge in [0, 0.05) is 25.5 Å². The van der Waals surface area contributed by atoms with Gasteiger partial charge in [-0.05, 0) is 30.0 Å². The Balaban J connectivity index is 1.87. The highest BCUT2D eigenvalue weighted by Crippen LogP contribution is 2.08. The van der Waals surface area contributed by atoms with Crippen molar-refractivity contribution in [2.24, 2.45) is 5.92 Å². The molecule has 1 fully saturated rings. The van der Waals surface area contributed by atoms with Gasteiger partial charge in [-0.1, -0.05) is 13.8 Å². The van der Waals surface area contributed by atoms with E-state index in [2.05, 4.69) is 20.9 Å². The average molecular weight is 350 g/mol. The van der Waals surface area contributed by atoms with Crippen LogP contribution in [0.2, 0.25) is 0 Å². The van der Waals surface area contributed by atoms with Crippen LogP contribution in [-0.2, 0) is 16.1 Å². The summed E-state index contributed by atoms with van der Waals surface area (Å²) in [4.78, 5) is 28.4. The largest absolute Gasteiger partial charge is 0.445 e. The number of β-amino-alcohol motifs (C(OH)–C–C–N with tert-alkyl or cyclic N) is 1. The van der Waals surface area contributed by atoms with Crippen molar-refractivity contribution in [2.45, 2.75) is 45.1 Å². The Bertz CT molecular complexity index is 567. The van der Waals surface area contributed by atoms with Crippen molar-refractivity contribution < 1.29 is 19.4 Å². The number of carbonyl (C=O) groups is 2. The number of hydrogen-bond acceptors (Lipinski definition) is 6. The molecule has 2 rings (SSSR count). The van der Waals surface area contributed by atoms with Gasteiger partial charge in [0.25, 0.3) is 0 Å². The van der Waals surface area contributed by atoms with Gasteiger partial charge in [-0.15, -0.1) is 0 Å². The number of aromatic nitrogens is 1. The Hall–Kier alpha value is -2.19. The smallest absolute Gasteiger partial charge is 0.408 e. The van der Waals surface area contributed by atoms with Crippen LogP contribution in [0.5, 0.6) is 0 Å². The fraction of sp³-hybridized carbons (Fsp3) is 0.588. The highest BCUT2D eigenvalue weighted by atomic mass is 16.5. The number of carbonyl (C=O) groups excluding carboxylic acids is 2. The van der Waals surface area contributed by atoms with Crippen LogP contribution in [0.15, 0.2) is 24.5 Å². The summed E-state index contributed by atoms with van der Waals surface area (Å²) in [5, 5.41) is 18.2. The second kappa shape index (κ2) is 9.33. The summed E-state index contributed by atoms with van der Waals surface area (Å²) in [6.07, 6.45) is 2.44. The molecule has 1 aromatic rings. The number of hydrogen-bond donors (Lipinski definition) is 4. The minimum absolute atomic E-state index is 0.107. The number of rotatable bonds is 7. The zero-order valence-corrected chi connectivity index (χ0v) is 14.6. The lowest BCUT2D eigenvalue weighted by Gasteiger charge is -2.23. The maximum Gasteiger partial charge on any atom is 0.408 e. The molecular weight excluding hydrogens is 324 g/mol. The third-order valence-corrected chi connectivity index (χ3v) is 3.94. The molecule has 1 aliphatic rings. The maximum absolute atomic E-state index is 12.5. The van der Waals surface area contributed by atoms with E-state index in [0.29, 0.717) is 19.5 Å². The van der Waals surface area contributed by atoms with Crippen molar-refractivity contribution in [1.82, 2.24) is 20.9 Å². The predicted molar refractivity (Wildman–Crippen MR) is 91.6 cm³/mol. The van der Waals surface area contributed by atoms with Crippen molar-refractivity contribution in [2.75, 3.05) is 13.1 Å². The van der Waals surface area contributed by atoms with Crippen molar-refractivity contribution >= 4 is 12.0 Å². The SMILES string of the molecule is CC(C)C[C@H](NC(=O)OCc1ccncc1)C(=O)NC1CNCC1O. The summed E-state index contributed by atoms with van der Waals surface area (Å²) in [7, 11) is 0. The normalized spacial score (nSPS) is 21.0. The van der Waals surface area contributed by atoms with E-state index in [4.69, 9.17) is 4.74 Å². The van der Waals surface area contributed by atoms with Gasteiger partial charge >= 0.3 is 6.09 Å². The molecule has 2 heterocycles. The molecule has 3 atom stereocenters. The lowest BCUT2D eigenvalue weighted by molar-refractivity contribution is -0.124. The molecule has 138 valence electrons. The van der Waals surface area contributed by atoms with E-state index in [1.54, 1.807) is 24.5 Å². The van der Waals surface area contributed by atoms with Crippen LogP contribution in [0.25, 0.3) is 0 Å². The second-order valence-electron chi connectivity index (χ2n) is 6.60. The lowest BCUT2D eigenvalue weighted by Crippen LogP contribution is -2.52. The number of nitrogens with zero attached hydrogens (tertiary/aromatic N) is 1. The van der Waals surface area contributed by atoms with E-state index in [0.717, 1.165) is 5.56 Å². The van der Waals surface area contributed by atoms with Gasteiger partial charge in [0.1, 0.15) is 12.6 Å². The second-order valence-corrected chi connectivity index (χ2v) is 6.60. The van der Waals surface area contributed by atoms with E-state index in [-0.39, 0.29) is 24.5 Å². The van der Waals surface area contributed by atoms with E-state index in [1.807, 2.05) is 13.8 Å². The first-order valence-corrected chi connectivity index (χ1v) is 8.47. The van der Waals surface area contributed by atoms with Gasteiger partial charge in [0.15, 0.2) is 0 Å². The van der Waals surface area contributed by atoms with E-state index < -0.39 is 18.2 Å². The van der Waals surface area contributed by atoms with Gasteiger partial charge in [-0.2, -0.15) is 0 Å². The standard InChI is InChI=1S/C17H26N4O4/c1-11(2)7-13(16(23)20-14-8-19-9-15(14)22)21-17(24)25-10-12-3-5-18-6-4-12/h3-6,11,13-15,19,22H,7-10H2,1-2H3,(H,20,23)(H,21,24)/t13-,14?,15?/m0/s1. The zero-order valence-electron chi connectivity index (χ0n) is 14.6. The molecule has 1 aromatic heterocycles. The molecule has 0 aliphatic carbocycles. The number of nitrogens with one attached hydrogen (secondary N) is 3. The van der Waals surface area contributed by atoms with Gasteiger partial charge in [0.2, 0.25) is 5.91 Å². The first-order chi connectivity index (χ1) is 12.0. The Kier molecular flexibility index (Phi) is 7.15. The van der Waals surface area contributed by atoms with Crippen LogP contribution < -0.4 is 16.0 Å². The fourth-order valence-corrected chi connectivity index (χ4v) is 2.61. The topological polar surface area (TPSA) is 113 Å². The molecule has 8 heteroatoms. The molecule has 2 unspecified atom stereocenters. The number of amides is 2. The van der Waals surface area contributed by atoms with Crippen LogP contribution >= 0.6 is 0 Å². The van der Waals surface area contributed by atoms with Crippen molar-refractivity contribution in [1.29, 1.82) is 0 Å². The lowest BCUT2D eigenvalue weighted by atomic mass is 10.0. The third-order valence-electron chi connectivity index (χ3n) is 3.94. The summed E-state index contributed by atoms with van der Waals surface area (Å²) in [5.74, 6) is -0.106. The van der Waals surface area contributed by atoms with Crippen LogP contribution in [0.1, 0.15) is 25.8 Å². The minimum atomic E-state index is -0.710.